The number of halogens is 3. The quantitative estimate of drug-likeness (QED) is 0.385. The van der Waals surface area contributed by atoms with Crippen molar-refractivity contribution >= 4 is 34.9 Å². The maximum Gasteiger partial charge on any atom is 0.251 e. The third-order valence-electron chi connectivity index (χ3n) is 5.14. The van der Waals surface area contributed by atoms with Gasteiger partial charge in [-0.2, -0.15) is 0 Å². The fourth-order valence-corrected chi connectivity index (χ4v) is 3.77. The van der Waals surface area contributed by atoms with Crippen LogP contribution in [-0.4, -0.2) is 16.9 Å². The Morgan fingerprint density at radius 1 is 1.16 bits per heavy atom. The summed E-state index contributed by atoms with van der Waals surface area (Å²) in [6, 6.07) is 11.6. The highest BCUT2D eigenvalue weighted by atomic mass is 35.5. The van der Waals surface area contributed by atoms with Crippen LogP contribution >= 0.6 is 23.2 Å². The smallest absolute Gasteiger partial charge is 0.251 e. The number of nitrogens with two attached hydrogens (primary N) is 1. The standard InChI is InChI=1S/C24H24Cl2FN3O2/c1-4-13(2)30-24(31)16-7-5-15(6-8-16)17-11-20(23(28)29-12-17)32-14(3)21-18(25)9-10-19(27)22(21)26/h5-14H,4H2,1-3H3,(H2,28,29)(H,30,31). The van der Waals surface area contributed by atoms with Gasteiger partial charge in [0.15, 0.2) is 11.6 Å². The molecule has 0 radical (unpaired) electrons. The molecule has 2 aromatic carbocycles. The Balaban J connectivity index is 1.83. The summed E-state index contributed by atoms with van der Waals surface area (Å²) in [5.41, 5.74) is 8.46. The number of nitrogens with zero attached hydrogens (tertiary/aromatic N) is 1. The van der Waals surface area contributed by atoms with E-state index >= 15 is 0 Å². The van der Waals surface area contributed by atoms with Crippen molar-refractivity contribution in [2.24, 2.45) is 0 Å². The maximum absolute atomic E-state index is 13.9. The minimum atomic E-state index is -0.670. The zero-order chi connectivity index (χ0) is 23.4. The van der Waals surface area contributed by atoms with Crippen molar-refractivity contribution < 1.29 is 13.9 Å². The molecule has 32 heavy (non-hydrogen) atoms. The van der Waals surface area contributed by atoms with Gasteiger partial charge in [0.25, 0.3) is 5.91 Å². The van der Waals surface area contributed by atoms with Gasteiger partial charge in [-0.15, -0.1) is 0 Å². The fourth-order valence-electron chi connectivity index (χ4n) is 3.10. The molecular formula is C24H24Cl2FN3O2. The second kappa shape index (κ2) is 10.2. The van der Waals surface area contributed by atoms with Crippen molar-refractivity contribution in [3.8, 4) is 16.9 Å². The predicted octanol–water partition coefficient (Wildman–Crippen LogP) is 6.45. The van der Waals surface area contributed by atoms with E-state index in [1.165, 1.54) is 12.1 Å². The van der Waals surface area contributed by atoms with Gasteiger partial charge >= 0.3 is 0 Å². The van der Waals surface area contributed by atoms with Gasteiger partial charge in [0, 0.05) is 34.0 Å². The summed E-state index contributed by atoms with van der Waals surface area (Å²) >= 11 is 12.3. The lowest BCUT2D eigenvalue weighted by atomic mass is 10.0. The number of ether oxygens (including phenoxy) is 1. The van der Waals surface area contributed by atoms with E-state index in [1.807, 2.05) is 26.0 Å². The molecule has 3 rings (SSSR count). The summed E-state index contributed by atoms with van der Waals surface area (Å²) in [6.45, 7) is 5.67. The minimum Gasteiger partial charge on any atom is -0.482 e. The van der Waals surface area contributed by atoms with Crippen LogP contribution in [-0.2, 0) is 0 Å². The lowest BCUT2D eigenvalue weighted by Gasteiger charge is -2.19. The first-order valence-corrected chi connectivity index (χ1v) is 10.9. The Kier molecular flexibility index (Phi) is 7.59. The van der Waals surface area contributed by atoms with Gasteiger partial charge in [0.05, 0.1) is 5.02 Å². The summed E-state index contributed by atoms with van der Waals surface area (Å²) < 4.78 is 19.8. The maximum atomic E-state index is 13.9. The number of nitrogens with one attached hydrogen (secondary N) is 1. The van der Waals surface area contributed by atoms with Crippen LogP contribution in [0.5, 0.6) is 5.75 Å². The number of hydrogen-bond acceptors (Lipinski definition) is 4. The molecule has 0 aliphatic rings. The van der Waals surface area contributed by atoms with Crippen LogP contribution in [0.15, 0.2) is 48.7 Å². The van der Waals surface area contributed by atoms with Gasteiger partial charge in [0.1, 0.15) is 11.9 Å². The molecule has 0 saturated heterocycles. The van der Waals surface area contributed by atoms with E-state index < -0.39 is 11.9 Å². The number of pyridine rings is 1. The molecule has 5 nitrogen and oxygen atoms in total. The third kappa shape index (κ3) is 5.31. The second-order valence-electron chi connectivity index (χ2n) is 7.48. The summed E-state index contributed by atoms with van der Waals surface area (Å²) in [5.74, 6) is -0.222. The van der Waals surface area contributed by atoms with Crippen LogP contribution in [0.3, 0.4) is 0 Å². The molecule has 1 aromatic heterocycles. The van der Waals surface area contributed by atoms with Crippen LogP contribution in [0.1, 0.15) is 49.2 Å². The zero-order valence-corrected chi connectivity index (χ0v) is 19.5. The molecule has 3 N–H and O–H groups in total. The Hall–Kier alpha value is -2.83. The molecule has 0 saturated carbocycles. The largest absolute Gasteiger partial charge is 0.482 e. The summed E-state index contributed by atoms with van der Waals surface area (Å²) in [7, 11) is 0. The van der Waals surface area contributed by atoms with Crippen molar-refractivity contribution in [2.75, 3.05) is 5.73 Å². The Bertz CT molecular complexity index is 1120. The van der Waals surface area contributed by atoms with E-state index in [0.717, 1.165) is 17.5 Å². The van der Waals surface area contributed by atoms with Crippen LogP contribution < -0.4 is 15.8 Å². The lowest BCUT2D eigenvalue weighted by molar-refractivity contribution is 0.0939. The van der Waals surface area contributed by atoms with E-state index in [9.17, 15) is 9.18 Å². The molecule has 1 heterocycles. The van der Waals surface area contributed by atoms with Crippen molar-refractivity contribution in [1.82, 2.24) is 10.3 Å². The average Bonchev–Trinajstić information content (AvgIpc) is 2.78. The number of benzene rings is 2. The molecule has 2 atom stereocenters. The van der Waals surface area contributed by atoms with Gasteiger partial charge < -0.3 is 15.8 Å². The van der Waals surface area contributed by atoms with E-state index in [4.69, 9.17) is 33.7 Å². The summed E-state index contributed by atoms with van der Waals surface area (Å²) in [5, 5.41) is 3.13. The number of hydrogen-bond donors (Lipinski definition) is 2. The van der Waals surface area contributed by atoms with Crippen LogP contribution in [0.2, 0.25) is 10.0 Å². The number of anilines is 1. The zero-order valence-electron chi connectivity index (χ0n) is 18.0. The van der Waals surface area contributed by atoms with Crippen molar-refractivity contribution in [3.05, 3.63) is 75.7 Å². The Labute approximate surface area is 196 Å². The highest BCUT2D eigenvalue weighted by Gasteiger charge is 2.20. The van der Waals surface area contributed by atoms with Crippen molar-refractivity contribution in [1.29, 1.82) is 0 Å². The first-order valence-electron chi connectivity index (χ1n) is 10.2. The number of nitrogen functional groups attached to an aromatic ring is 1. The highest BCUT2D eigenvalue weighted by molar-refractivity contribution is 6.36. The summed E-state index contributed by atoms with van der Waals surface area (Å²) in [6.07, 6.45) is 1.80. The molecule has 1 amide bonds. The van der Waals surface area contributed by atoms with Gasteiger partial charge in [-0.3, -0.25) is 4.79 Å². The van der Waals surface area contributed by atoms with E-state index in [1.54, 1.807) is 31.3 Å². The molecule has 168 valence electrons. The van der Waals surface area contributed by atoms with Gasteiger partial charge in [-0.05, 0) is 56.2 Å². The normalized spacial score (nSPS) is 12.8. The monoisotopic (exact) mass is 475 g/mol. The topological polar surface area (TPSA) is 77.2 Å². The lowest BCUT2D eigenvalue weighted by Crippen LogP contribution is -2.31. The Morgan fingerprint density at radius 2 is 1.84 bits per heavy atom. The van der Waals surface area contributed by atoms with Gasteiger partial charge in [-0.1, -0.05) is 42.3 Å². The molecule has 0 bridgehead atoms. The first kappa shape index (κ1) is 23.8. The Morgan fingerprint density at radius 3 is 2.50 bits per heavy atom. The van der Waals surface area contributed by atoms with Crippen LogP contribution in [0.4, 0.5) is 10.2 Å². The van der Waals surface area contributed by atoms with E-state index in [0.29, 0.717) is 16.9 Å². The number of aromatic nitrogens is 1. The summed E-state index contributed by atoms with van der Waals surface area (Å²) in [4.78, 5) is 16.5. The molecule has 2 unspecified atom stereocenters. The fraction of sp³-hybridized carbons (Fsp3) is 0.250. The number of carbonyl (C=O) groups excluding carboxylic acids is 1. The van der Waals surface area contributed by atoms with Crippen LogP contribution in [0, 0.1) is 5.82 Å². The number of amides is 1. The highest BCUT2D eigenvalue weighted by Crippen LogP contribution is 2.37. The van der Waals surface area contributed by atoms with Gasteiger partial charge in [-0.25, -0.2) is 9.37 Å². The molecule has 0 aliphatic heterocycles. The van der Waals surface area contributed by atoms with Crippen LogP contribution in [0.25, 0.3) is 11.1 Å². The van der Waals surface area contributed by atoms with Gasteiger partial charge in [0.2, 0.25) is 0 Å². The van der Waals surface area contributed by atoms with E-state index in [-0.39, 0.29) is 27.8 Å². The SMILES string of the molecule is CCC(C)NC(=O)c1ccc(-c2cnc(N)c(OC(C)c3c(Cl)ccc(F)c3Cl)c2)cc1. The van der Waals surface area contributed by atoms with Crippen molar-refractivity contribution in [3.63, 3.8) is 0 Å². The van der Waals surface area contributed by atoms with Crippen molar-refractivity contribution in [2.45, 2.75) is 39.3 Å². The molecule has 0 fully saturated rings. The molecule has 8 heteroatoms. The second-order valence-corrected chi connectivity index (χ2v) is 8.27. The van der Waals surface area contributed by atoms with E-state index in [2.05, 4.69) is 10.3 Å². The first-order chi connectivity index (χ1) is 15.2. The molecule has 0 spiro atoms. The number of rotatable bonds is 7. The predicted molar refractivity (Wildman–Crippen MR) is 127 cm³/mol. The molecule has 3 aromatic rings. The molecule has 0 aliphatic carbocycles. The molecular weight excluding hydrogens is 452 g/mol. The minimum absolute atomic E-state index is 0.0982. The average molecular weight is 476 g/mol. The number of carbonyl (C=O) groups is 1. The third-order valence-corrected chi connectivity index (χ3v) is 5.86.